The van der Waals surface area contributed by atoms with Crippen molar-refractivity contribution in [3.05, 3.63) is 58.3 Å². The first kappa shape index (κ1) is 24.7. The van der Waals surface area contributed by atoms with E-state index in [1.807, 2.05) is 24.3 Å². The predicted molar refractivity (Wildman–Crippen MR) is 136 cm³/mol. The largest absolute Gasteiger partial charge is 0.384 e. The van der Waals surface area contributed by atoms with Crippen LogP contribution in [0.15, 0.2) is 47.4 Å². The molecule has 180 valence electrons. The molecule has 0 spiro atoms. The first-order chi connectivity index (χ1) is 16.3. The lowest BCUT2D eigenvalue weighted by Gasteiger charge is -2.12. The number of unbranched alkanes of at least 4 members (excludes halogenated alkanes) is 1. The average molecular weight is 522 g/mol. The fraction of sp³-hybridized carbons (Fsp3) is 0.304. The van der Waals surface area contributed by atoms with Gasteiger partial charge in [-0.3, -0.25) is 0 Å². The van der Waals surface area contributed by atoms with E-state index < -0.39 is 10.0 Å². The van der Waals surface area contributed by atoms with E-state index in [-0.39, 0.29) is 21.5 Å². The van der Waals surface area contributed by atoms with E-state index in [9.17, 15) is 8.42 Å². The maximum Gasteiger partial charge on any atom is 0.243 e. The molecule has 2 heterocycles. The van der Waals surface area contributed by atoms with Crippen LogP contribution in [0.2, 0.25) is 10.0 Å². The van der Waals surface area contributed by atoms with Crippen LogP contribution in [0.5, 0.6) is 0 Å². The van der Waals surface area contributed by atoms with Gasteiger partial charge in [-0.25, -0.2) is 23.1 Å². The molecule has 0 aliphatic heterocycles. The predicted octanol–water partition coefficient (Wildman–Crippen LogP) is 4.42. The number of nitrogens with two attached hydrogens (primary N) is 1. The number of aromatic nitrogens is 3. The zero-order valence-corrected chi connectivity index (χ0v) is 20.9. The number of sulfonamides is 1. The summed E-state index contributed by atoms with van der Waals surface area (Å²) in [5.41, 5.74) is 8.62. The molecule has 0 unspecified atom stereocenters. The van der Waals surface area contributed by atoms with E-state index >= 15 is 0 Å². The fourth-order valence-corrected chi connectivity index (χ4v) is 6.16. The summed E-state index contributed by atoms with van der Waals surface area (Å²) in [7, 11) is -2.17. The quantitative estimate of drug-likeness (QED) is 0.298. The number of aryl methyl sites for hydroxylation is 1. The lowest BCUT2D eigenvalue weighted by molar-refractivity contribution is 0.199. The van der Waals surface area contributed by atoms with E-state index in [4.69, 9.17) is 38.7 Å². The van der Waals surface area contributed by atoms with Crippen molar-refractivity contribution in [1.82, 2.24) is 19.3 Å². The van der Waals surface area contributed by atoms with Crippen molar-refractivity contribution in [2.75, 3.05) is 26.0 Å². The van der Waals surface area contributed by atoms with Gasteiger partial charge in [0.05, 0.1) is 27.7 Å². The molecule has 4 aromatic rings. The van der Waals surface area contributed by atoms with Gasteiger partial charge in [0, 0.05) is 32.0 Å². The third-order valence-electron chi connectivity index (χ3n) is 5.51. The monoisotopic (exact) mass is 521 g/mol. The summed E-state index contributed by atoms with van der Waals surface area (Å²) >= 11 is 12.1. The average Bonchev–Trinajstić information content (AvgIpc) is 3.16. The summed E-state index contributed by atoms with van der Waals surface area (Å²) < 4.78 is 35.3. The number of rotatable bonds is 10. The Bertz CT molecular complexity index is 1420. The summed E-state index contributed by atoms with van der Waals surface area (Å²) in [5, 5.41) is 1.15. The van der Waals surface area contributed by atoms with Gasteiger partial charge in [0.15, 0.2) is 5.82 Å². The van der Waals surface area contributed by atoms with Crippen LogP contribution in [0.25, 0.3) is 21.9 Å². The van der Waals surface area contributed by atoms with Crippen molar-refractivity contribution in [2.24, 2.45) is 0 Å². The molecule has 0 fully saturated rings. The number of ether oxygens (including phenoxy) is 1. The second-order valence-electron chi connectivity index (χ2n) is 7.79. The number of nitrogen functional groups attached to an aromatic ring is 1. The molecular weight excluding hydrogens is 497 g/mol. The van der Waals surface area contributed by atoms with Crippen LogP contribution >= 0.6 is 23.2 Å². The first-order valence-electron chi connectivity index (χ1n) is 10.8. The number of nitrogens with zero attached hydrogens (tertiary/aromatic N) is 3. The zero-order valence-electron chi connectivity index (χ0n) is 18.6. The van der Waals surface area contributed by atoms with Crippen molar-refractivity contribution < 1.29 is 13.2 Å². The summed E-state index contributed by atoms with van der Waals surface area (Å²) in [5.74, 6) is 1.24. The number of fused-ring (bicyclic) bond motifs is 3. The number of para-hydroxylation sites is 1. The highest BCUT2D eigenvalue weighted by molar-refractivity contribution is 7.89. The zero-order chi connectivity index (χ0) is 24.3. The molecule has 34 heavy (non-hydrogen) atoms. The van der Waals surface area contributed by atoms with E-state index in [1.165, 1.54) is 12.1 Å². The van der Waals surface area contributed by atoms with Crippen molar-refractivity contribution in [3.63, 3.8) is 0 Å². The van der Waals surface area contributed by atoms with Crippen molar-refractivity contribution in [2.45, 2.75) is 30.7 Å². The summed E-state index contributed by atoms with van der Waals surface area (Å²) in [6.07, 6.45) is 1.93. The molecule has 0 atom stereocenters. The molecular formula is C23H25Cl2N5O3S. The minimum Gasteiger partial charge on any atom is -0.384 e. The Balaban J connectivity index is 1.53. The Morgan fingerprint density at radius 3 is 2.53 bits per heavy atom. The standard InChI is InChI=1S/C23H25Cl2N5O3S/c1-33-14-11-19-29-20-21(15-7-2-3-10-18(15)28-23(20)26)30(19)13-5-4-12-27-34(31,32)22-16(24)8-6-9-17(22)25/h2-3,6-10,27H,4-5,11-14H2,1H3,(H2,26,28). The lowest BCUT2D eigenvalue weighted by atomic mass is 10.2. The second-order valence-corrected chi connectivity index (χ2v) is 10.3. The molecule has 2 aromatic heterocycles. The number of hydrogen-bond donors (Lipinski definition) is 2. The normalized spacial score (nSPS) is 12.1. The molecule has 0 amide bonds. The number of benzene rings is 2. The Kier molecular flexibility index (Phi) is 7.59. The summed E-state index contributed by atoms with van der Waals surface area (Å²) in [6.45, 7) is 1.40. The minimum absolute atomic E-state index is 0.0887. The highest BCUT2D eigenvalue weighted by atomic mass is 35.5. The molecule has 11 heteroatoms. The number of imidazole rings is 1. The number of halogens is 2. The maximum absolute atomic E-state index is 12.7. The Morgan fingerprint density at radius 2 is 1.79 bits per heavy atom. The molecule has 0 aliphatic rings. The lowest BCUT2D eigenvalue weighted by Crippen LogP contribution is -2.25. The van der Waals surface area contributed by atoms with Crippen molar-refractivity contribution in [3.8, 4) is 0 Å². The fourth-order valence-electron chi connectivity index (χ4n) is 3.94. The van der Waals surface area contributed by atoms with Gasteiger partial charge in [0.2, 0.25) is 10.0 Å². The molecule has 0 bridgehead atoms. The van der Waals surface area contributed by atoms with Gasteiger partial charge in [-0.1, -0.05) is 47.5 Å². The Labute approximate surface area is 208 Å². The van der Waals surface area contributed by atoms with Gasteiger partial charge >= 0.3 is 0 Å². The maximum atomic E-state index is 12.7. The molecule has 0 radical (unpaired) electrons. The minimum atomic E-state index is -3.82. The molecule has 2 aromatic carbocycles. The number of anilines is 1. The third-order valence-corrected chi connectivity index (χ3v) is 7.92. The molecule has 8 nitrogen and oxygen atoms in total. The van der Waals surface area contributed by atoms with Crippen LogP contribution in [0, 0.1) is 0 Å². The highest BCUT2D eigenvalue weighted by Gasteiger charge is 2.21. The molecule has 4 rings (SSSR count). The van der Waals surface area contributed by atoms with Crippen LogP contribution in [0.3, 0.4) is 0 Å². The number of hydrogen-bond acceptors (Lipinski definition) is 6. The van der Waals surface area contributed by atoms with Crippen molar-refractivity contribution >= 4 is 61.0 Å². The summed E-state index contributed by atoms with van der Waals surface area (Å²) in [4.78, 5) is 9.14. The van der Waals surface area contributed by atoms with E-state index in [0.717, 1.165) is 22.2 Å². The van der Waals surface area contributed by atoms with Gasteiger partial charge in [0.25, 0.3) is 0 Å². The van der Waals surface area contributed by atoms with Crippen molar-refractivity contribution in [1.29, 1.82) is 0 Å². The van der Waals surface area contributed by atoms with E-state index in [2.05, 4.69) is 14.3 Å². The van der Waals surface area contributed by atoms with Gasteiger partial charge in [-0.2, -0.15) is 0 Å². The molecule has 0 saturated heterocycles. The van der Waals surface area contributed by atoms with Crippen LogP contribution in [-0.4, -0.2) is 43.2 Å². The smallest absolute Gasteiger partial charge is 0.243 e. The van der Waals surface area contributed by atoms with Crippen LogP contribution < -0.4 is 10.5 Å². The number of pyridine rings is 1. The second kappa shape index (κ2) is 10.5. The van der Waals surface area contributed by atoms with Crippen LogP contribution in [-0.2, 0) is 27.7 Å². The molecule has 0 saturated carbocycles. The number of nitrogens with one attached hydrogen (secondary N) is 1. The van der Waals surface area contributed by atoms with E-state index in [1.54, 1.807) is 13.2 Å². The molecule has 3 N–H and O–H groups in total. The number of methoxy groups -OCH3 is 1. The van der Waals surface area contributed by atoms with E-state index in [0.29, 0.717) is 43.7 Å². The highest BCUT2D eigenvalue weighted by Crippen LogP contribution is 2.30. The van der Waals surface area contributed by atoms with Gasteiger partial charge in [-0.05, 0) is 31.0 Å². The Hall–Kier alpha value is -2.43. The van der Waals surface area contributed by atoms with Crippen LogP contribution in [0.1, 0.15) is 18.7 Å². The van der Waals surface area contributed by atoms with Gasteiger partial charge in [0.1, 0.15) is 16.2 Å². The first-order valence-corrected chi connectivity index (χ1v) is 13.0. The van der Waals surface area contributed by atoms with Gasteiger partial charge < -0.3 is 15.0 Å². The summed E-state index contributed by atoms with van der Waals surface area (Å²) in [6, 6.07) is 12.4. The SMILES string of the molecule is COCCc1nc2c(N)nc3ccccc3c2n1CCCCNS(=O)(=O)c1c(Cl)cccc1Cl. The third kappa shape index (κ3) is 4.99. The topological polar surface area (TPSA) is 112 Å². The van der Waals surface area contributed by atoms with Crippen LogP contribution in [0.4, 0.5) is 5.82 Å². The molecule has 0 aliphatic carbocycles. The van der Waals surface area contributed by atoms with Gasteiger partial charge in [-0.15, -0.1) is 0 Å². The Morgan fingerprint density at radius 1 is 1.06 bits per heavy atom.